The summed E-state index contributed by atoms with van der Waals surface area (Å²) in [6, 6.07) is 10.4. The number of allylic oxidation sites excluding steroid dienone is 1. The van der Waals surface area contributed by atoms with Gasteiger partial charge in [-0.1, -0.05) is 34.1 Å². The minimum atomic E-state index is -1.03. The standard InChI is InChI=1S/C18H12BrF2NO/c1-10(8-22)16-13-3-2-11(7-19)6-12(13)9-23-18-14(16)4-5-15(20)17(18)21/h2-6H,7,9H2,1H3/b16-10+. The van der Waals surface area contributed by atoms with Gasteiger partial charge in [0, 0.05) is 22.0 Å². The van der Waals surface area contributed by atoms with E-state index in [9.17, 15) is 14.0 Å². The molecule has 0 fully saturated rings. The normalized spacial score (nSPS) is 14.9. The number of hydrogen-bond donors (Lipinski definition) is 0. The van der Waals surface area contributed by atoms with E-state index in [1.165, 1.54) is 6.07 Å². The summed E-state index contributed by atoms with van der Waals surface area (Å²) in [5.41, 5.74) is 4.08. The molecule has 0 N–H and O–H groups in total. The molecule has 23 heavy (non-hydrogen) atoms. The van der Waals surface area contributed by atoms with Crippen molar-refractivity contribution in [1.82, 2.24) is 0 Å². The van der Waals surface area contributed by atoms with Crippen LogP contribution >= 0.6 is 15.9 Å². The third-order valence-electron chi connectivity index (χ3n) is 3.83. The Bertz CT molecular complexity index is 868. The van der Waals surface area contributed by atoms with Crippen LogP contribution in [0.15, 0.2) is 35.9 Å². The molecule has 1 aliphatic heterocycles. The first-order chi connectivity index (χ1) is 11.1. The van der Waals surface area contributed by atoms with Gasteiger partial charge in [0.1, 0.15) is 6.61 Å². The molecule has 2 nitrogen and oxygen atoms in total. The van der Waals surface area contributed by atoms with Crippen molar-refractivity contribution in [2.45, 2.75) is 18.9 Å². The number of nitriles is 1. The van der Waals surface area contributed by atoms with Crippen molar-refractivity contribution < 1.29 is 13.5 Å². The summed E-state index contributed by atoms with van der Waals surface area (Å²) in [4.78, 5) is 0. The number of ether oxygens (including phenoxy) is 1. The molecule has 3 rings (SSSR count). The maximum absolute atomic E-state index is 14.2. The van der Waals surface area contributed by atoms with Gasteiger partial charge >= 0.3 is 0 Å². The van der Waals surface area contributed by atoms with Gasteiger partial charge in [0.2, 0.25) is 5.82 Å². The lowest BCUT2D eigenvalue weighted by molar-refractivity contribution is 0.285. The zero-order chi connectivity index (χ0) is 16.6. The Morgan fingerprint density at radius 1 is 1.26 bits per heavy atom. The monoisotopic (exact) mass is 375 g/mol. The van der Waals surface area contributed by atoms with E-state index >= 15 is 0 Å². The van der Waals surface area contributed by atoms with Crippen LogP contribution in [0.1, 0.15) is 29.2 Å². The fourth-order valence-corrected chi connectivity index (χ4v) is 3.07. The molecule has 2 aromatic rings. The van der Waals surface area contributed by atoms with Crippen molar-refractivity contribution in [2.24, 2.45) is 0 Å². The molecule has 2 aromatic carbocycles. The van der Waals surface area contributed by atoms with Crippen molar-refractivity contribution in [1.29, 1.82) is 5.26 Å². The number of nitrogens with zero attached hydrogens (tertiary/aromatic N) is 1. The molecule has 0 saturated carbocycles. The van der Waals surface area contributed by atoms with E-state index in [1.807, 2.05) is 18.2 Å². The summed E-state index contributed by atoms with van der Waals surface area (Å²) in [5.74, 6) is -2.14. The van der Waals surface area contributed by atoms with Gasteiger partial charge in [-0.2, -0.15) is 9.65 Å². The first-order valence-electron chi connectivity index (χ1n) is 6.97. The van der Waals surface area contributed by atoms with Crippen LogP contribution in [0.2, 0.25) is 0 Å². The van der Waals surface area contributed by atoms with E-state index < -0.39 is 11.6 Å². The van der Waals surface area contributed by atoms with Crippen LogP contribution in [-0.2, 0) is 11.9 Å². The molecule has 116 valence electrons. The number of hydrogen-bond acceptors (Lipinski definition) is 2. The molecule has 0 bridgehead atoms. The minimum Gasteiger partial charge on any atom is -0.485 e. The molecule has 0 amide bonds. The van der Waals surface area contributed by atoms with Gasteiger partial charge in [-0.05, 0) is 35.7 Å². The van der Waals surface area contributed by atoms with Crippen LogP contribution in [0.3, 0.4) is 0 Å². The molecular formula is C18H12BrF2NO. The molecule has 5 heteroatoms. The fraction of sp³-hybridized carbons (Fsp3) is 0.167. The molecule has 0 radical (unpaired) electrons. The van der Waals surface area contributed by atoms with E-state index in [2.05, 4.69) is 22.0 Å². The maximum atomic E-state index is 14.2. The lowest BCUT2D eigenvalue weighted by atomic mass is 9.90. The number of halogens is 3. The predicted octanol–water partition coefficient (Wildman–Crippen LogP) is 5.10. The van der Waals surface area contributed by atoms with Gasteiger partial charge in [0.25, 0.3) is 0 Å². The highest BCUT2D eigenvalue weighted by Gasteiger charge is 2.25. The summed E-state index contributed by atoms with van der Waals surface area (Å²) in [6.07, 6.45) is 0. The molecule has 1 heterocycles. The van der Waals surface area contributed by atoms with Gasteiger partial charge in [-0.25, -0.2) is 4.39 Å². The molecule has 0 saturated heterocycles. The van der Waals surface area contributed by atoms with Crippen molar-refractivity contribution in [3.63, 3.8) is 0 Å². The first-order valence-corrected chi connectivity index (χ1v) is 8.09. The summed E-state index contributed by atoms with van der Waals surface area (Å²) >= 11 is 3.40. The fourth-order valence-electron chi connectivity index (χ4n) is 2.72. The lowest BCUT2D eigenvalue weighted by Gasteiger charge is -2.12. The molecule has 0 atom stereocenters. The Hall–Kier alpha value is -2.19. The maximum Gasteiger partial charge on any atom is 0.201 e. The highest BCUT2D eigenvalue weighted by atomic mass is 79.9. The lowest BCUT2D eigenvalue weighted by Crippen LogP contribution is -1.99. The summed E-state index contributed by atoms with van der Waals surface area (Å²) in [5, 5.41) is 10.0. The Labute approximate surface area is 141 Å². The second kappa shape index (κ2) is 6.13. The Morgan fingerprint density at radius 2 is 2.00 bits per heavy atom. The largest absolute Gasteiger partial charge is 0.485 e. The van der Waals surface area contributed by atoms with Crippen LogP contribution in [0.5, 0.6) is 5.75 Å². The molecular weight excluding hydrogens is 364 g/mol. The highest BCUT2D eigenvalue weighted by Crippen LogP contribution is 2.40. The third-order valence-corrected chi connectivity index (χ3v) is 4.47. The van der Waals surface area contributed by atoms with E-state index in [0.717, 1.165) is 22.8 Å². The number of rotatable bonds is 1. The average molecular weight is 376 g/mol. The van der Waals surface area contributed by atoms with Crippen LogP contribution in [0, 0.1) is 23.0 Å². The van der Waals surface area contributed by atoms with Gasteiger partial charge in [0.05, 0.1) is 6.07 Å². The Kier molecular flexibility index (Phi) is 4.18. The zero-order valence-electron chi connectivity index (χ0n) is 12.3. The smallest absolute Gasteiger partial charge is 0.201 e. The van der Waals surface area contributed by atoms with E-state index in [-0.39, 0.29) is 12.4 Å². The number of fused-ring (bicyclic) bond motifs is 2. The summed E-state index contributed by atoms with van der Waals surface area (Å²) in [7, 11) is 0. The zero-order valence-corrected chi connectivity index (χ0v) is 13.9. The number of alkyl halides is 1. The van der Waals surface area contributed by atoms with Crippen LogP contribution in [-0.4, -0.2) is 0 Å². The molecule has 0 aromatic heterocycles. The number of benzene rings is 2. The van der Waals surface area contributed by atoms with Gasteiger partial charge in [-0.15, -0.1) is 0 Å². The average Bonchev–Trinajstić information content (AvgIpc) is 2.74. The van der Waals surface area contributed by atoms with E-state index in [0.29, 0.717) is 22.0 Å². The van der Waals surface area contributed by atoms with Gasteiger partial charge < -0.3 is 4.74 Å². The molecule has 1 aliphatic rings. The van der Waals surface area contributed by atoms with Crippen molar-refractivity contribution >= 4 is 21.5 Å². The van der Waals surface area contributed by atoms with E-state index in [1.54, 1.807) is 6.92 Å². The quantitative estimate of drug-likeness (QED) is 0.513. The predicted molar refractivity (Wildman–Crippen MR) is 87.1 cm³/mol. The van der Waals surface area contributed by atoms with Crippen molar-refractivity contribution in [2.75, 3.05) is 0 Å². The van der Waals surface area contributed by atoms with Crippen molar-refractivity contribution in [3.8, 4) is 11.8 Å². The SMILES string of the molecule is C/C(C#N)=C1/c2ccc(CBr)cc2COc2c1ccc(F)c2F. The van der Waals surface area contributed by atoms with E-state index in [4.69, 9.17) is 4.74 Å². The third kappa shape index (κ3) is 2.64. The Morgan fingerprint density at radius 3 is 2.70 bits per heavy atom. The second-order valence-electron chi connectivity index (χ2n) is 5.26. The highest BCUT2D eigenvalue weighted by molar-refractivity contribution is 9.08. The Balaban J connectivity index is 2.34. The van der Waals surface area contributed by atoms with Gasteiger partial charge in [0.15, 0.2) is 11.6 Å². The van der Waals surface area contributed by atoms with Crippen LogP contribution in [0.25, 0.3) is 5.57 Å². The molecule has 0 aliphatic carbocycles. The topological polar surface area (TPSA) is 33.0 Å². The van der Waals surface area contributed by atoms with Crippen LogP contribution < -0.4 is 4.74 Å². The van der Waals surface area contributed by atoms with Crippen molar-refractivity contribution in [3.05, 3.63) is 69.8 Å². The van der Waals surface area contributed by atoms with Crippen LogP contribution in [0.4, 0.5) is 8.78 Å². The summed E-state index contributed by atoms with van der Waals surface area (Å²) < 4.78 is 33.3. The second-order valence-corrected chi connectivity index (χ2v) is 5.82. The first kappa shape index (κ1) is 15.7. The minimum absolute atomic E-state index is 0.117. The molecule has 0 unspecified atom stereocenters. The molecule has 0 spiro atoms. The summed E-state index contributed by atoms with van der Waals surface area (Å²) in [6.45, 7) is 1.78. The van der Waals surface area contributed by atoms with Gasteiger partial charge in [-0.3, -0.25) is 0 Å².